The highest BCUT2D eigenvalue weighted by Gasteiger charge is 2.35. The molecule has 3 aromatic rings. The minimum atomic E-state index is -0.869. The van der Waals surface area contributed by atoms with Gasteiger partial charge in [-0.05, 0) is 45.9 Å². The molecule has 0 radical (unpaired) electrons. The first-order valence-corrected chi connectivity index (χ1v) is 10.8. The summed E-state index contributed by atoms with van der Waals surface area (Å²) in [6.07, 6.45) is -0.768. The van der Waals surface area contributed by atoms with Crippen molar-refractivity contribution in [2.75, 3.05) is 13.6 Å². The van der Waals surface area contributed by atoms with E-state index >= 15 is 0 Å². The minimum absolute atomic E-state index is 0.0689. The molecular weight excluding hydrogens is 438 g/mol. The molecule has 0 N–H and O–H groups in total. The van der Waals surface area contributed by atoms with Crippen molar-refractivity contribution in [3.63, 3.8) is 0 Å². The molecule has 32 heavy (non-hydrogen) atoms. The van der Waals surface area contributed by atoms with Crippen LogP contribution < -0.4 is 4.74 Å². The summed E-state index contributed by atoms with van der Waals surface area (Å²) in [6.45, 7) is 5.97. The van der Waals surface area contributed by atoms with Gasteiger partial charge in [0.2, 0.25) is 17.5 Å². The second kappa shape index (κ2) is 8.75. The number of benzene rings is 1. The summed E-state index contributed by atoms with van der Waals surface area (Å²) in [4.78, 5) is 10.6. The van der Waals surface area contributed by atoms with Crippen LogP contribution in [0.15, 0.2) is 40.9 Å². The zero-order chi connectivity index (χ0) is 23.0. The van der Waals surface area contributed by atoms with Crippen LogP contribution in [0.1, 0.15) is 38.4 Å². The predicted octanol–water partition coefficient (Wildman–Crippen LogP) is 5.06. The Morgan fingerprint density at radius 3 is 2.69 bits per heavy atom. The van der Waals surface area contributed by atoms with E-state index in [2.05, 4.69) is 15.1 Å². The summed E-state index contributed by atoms with van der Waals surface area (Å²) < 4.78 is 39.5. The summed E-state index contributed by atoms with van der Waals surface area (Å²) in [7, 11) is 1.87. The summed E-state index contributed by atoms with van der Waals surface area (Å²) in [5, 5.41) is 4.30. The summed E-state index contributed by atoms with van der Waals surface area (Å²) in [6, 6.07) is 9.65. The first-order valence-electron chi connectivity index (χ1n) is 10.4. The van der Waals surface area contributed by atoms with Gasteiger partial charge in [0.15, 0.2) is 0 Å². The van der Waals surface area contributed by atoms with Crippen LogP contribution >= 0.6 is 11.6 Å². The van der Waals surface area contributed by atoms with Gasteiger partial charge in [0.05, 0.1) is 5.69 Å². The SMILES string of the molecule is C[C@H](Oc1cc(Cl)nc(-c2cc(C(C)(C)c3ccccc3F)no2)n1)[C@@H]1C[C@H](F)CN1C. The van der Waals surface area contributed by atoms with E-state index in [0.717, 1.165) is 0 Å². The third kappa shape index (κ3) is 4.47. The van der Waals surface area contributed by atoms with E-state index in [1.54, 1.807) is 24.3 Å². The van der Waals surface area contributed by atoms with Crippen molar-refractivity contribution in [1.29, 1.82) is 0 Å². The van der Waals surface area contributed by atoms with Gasteiger partial charge in [0.25, 0.3) is 0 Å². The highest BCUT2D eigenvalue weighted by Crippen LogP contribution is 2.34. The zero-order valence-electron chi connectivity index (χ0n) is 18.3. The van der Waals surface area contributed by atoms with E-state index < -0.39 is 11.6 Å². The molecule has 3 heterocycles. The molecule has 1 aliphatic heterocycles. The number of alkyl halides is 1. The molecule has 170 valence electrons. The Labute approximate surface area is 190 Å². The van der Waals surface area contributed by atoms with Gasteiger partial charge in [0.1, 0.15) is 23.2 Å². The van der Waals surface area contributed by atoms with Crippen LogP contribution in [0.5, 0.6) is 5.88 Å². The molecule has 0 bridgehead atoms. The monoisotopic (exact) mass is 462 g/mol. The van der Waals surface area contributed by atoms with E-state index in [-0.39, 0.29) is 40.6 Å². The smallest absolute Gasteiger partial charge is 0.218 e. The molecule has 0 saturated carbocycles. The Bertz CT molecular complexity index is 1110. The average Bonchev–Trinajstić information content (AvgIpc) is 3.35. The second-order valence-corrected chi connectivity index (χ2v) is 9.08. The molecule has 0 aliphatic carbocycles. The molecule has 0 unspecified atom stereocenters. The molecule has 2 aromatic heterocycles. The van der Waals surface area contributed by atoms with E-state index in [4.69, 9.17) is 20.9 Å². The largest absolute Gasteiger partial charge is 0.473 e. The van der Waals surface area contributed by atoms with Crippen LogP contribution in [0.4, 0.5) is 8.78 Å². The standard InChI is InChI=1S/C23H25ClF2N4O2/c1-13(17-9-14(25)12-30(17)4)31-21-11-20(24)27-22(28-21)18-10-19(29-32-18)23(2,3)15-7-5-6-8-16(15)26/h5-8,10-11,13-14,17H,9,12H2,1-4H3/t13-,14-,17-/m0/s1. The van der Waals surface area contributed by atoms with Crippen LogP contribution in [0.2, 0.25) is 5.15 Å². The Hall–Kier alpha value is -2.58. The lowest BCUT2D eigenvalue weighted by Gasteiger charge is -2.25. The Balaban J connectivity index is 1.58. The molecule has 1 fully saturated rings. The first kappa shape index (κ1) is 22.6. The fourth-order valence-electron chi connectivity index (χ4n) is 4.13. The van der Waals surface area contributed by atoms with Crippen molar-refractivity contribution in [2.45, 2.75) is 50.9 Å². The number of likely N-dealkylation sites (N-methyl/N-ethyl adjacent to an activating group) is 1. The molecule has 1 saturated heterocycles. The van der Waals surface area contributed by atoms with E-state index in [0.29, 0.717) is 24.2 Å². The Morgan fingerprint density at radius 1 is 1.25 bits per heavy atom. The molecule has 3 atom stereocenters. The third-order valence-electron chi connectivity index (χ3n) is 5.99. The Kier molecular flexibility index (Phi) is 6.18. The van der Waals surface area contributed by atoms with Crippen molar-refractivity contribution in [2.24, 2.45) is 0 Å². The molecule has 0 spiro atoms. The number of rotatable bonds is 6. The first-order chi connectivity index (χ1) is 15.1. The molecule has 4 rings (SSSR count). The van der Waals surface area contributed by atoms with Crippen molar-refractivity contribution in [3.05, 3.63) is 58.6 Å². The highest BCUT2D eigenvalue weighted by atomic mass is 35.5. The number of halogens is 3. The topological polar surface area (TPSA) is 64.3 Å². The van der Waals surface area contributed by atoms with Crippen LogP contribution in [-0.4, -0.2) is 51.9 Å². The lowest BCUT2D eigenvalue weighted by atomic mass is 9.81. The molecule has 9 heteroatoms. The van der Waals surface area contributed by atoms with Gasteiger partial charge in [-0.3, -0.25) is 4.90 Å². The number of hydrogen-bond acceptors (Lipinski definition) is 6. The number of ether oxygens (including phenoxy) is 1. The highest BCUT2D eigenvalue weighted by molar-refractivity contribution is 6.29. The molecule has 1 aliphatic rings. The normalized spacial score (nSPS) is 20.5. The van der Waals surface area contributed by atoms with E-state index in [9.17, 15) is 8.78 Å². The number of nitrogens with zero attached hydrogens (tertiary/aromatic N) is 4. The fraction of sp³-hybridized carbons (Fsp3) is 0.435. The molecule has 6 nitrogen and oxygen atoms in total. The van der Waals surface area contributed by atoms with Gasteiger partial charge in [-0.25, -0.2) is 13.8 Å². The number of likely N-dealkylation sites (tertiary alicyclic amines) is 1. The minimum Gasteiger partial charge on any atom is -0.473 e. The van der Waals surface area contributed by atoms with Crippen LogP contribution in [-0.2, 0) is 5.41 Å². The Morgan fingerprint density at radius 2 is 2.00 bits per heavy atom. The number of aromatic nitrogens is 3. The van der Waals surface area contributed by atoms with E-state index in [1.165, 1.54) is 12.1 Å². The summed E-state index contributed by atoms with van der Waals surface area (Å²) >= 11 is 6.20. The maximum atomic E-state index is 14.4. The summed E-state index contributed by atoms with van der Waals surface area (Å²) in [5.41, 5.74) is 0.283. The van der Waals surface area contributed by atoms with Gasteiger partial charge in [0, 0.05) is 30.1 Å². The van der Waals surface area contributed by atoms with Gasteiger partial charge in [-0.2, -0.15) is 4.98 Å². The van der Waals surface area contributed by atoms with Crippen LogP contribution in [0.3, 0.4) is 0 Å². The maximum absolute atomic E-state index is 14.4. The molecular formula is C23H25ClF2N4O2. The van der Waals surface area contributed by atoms with Crippen LogP contribution in [0, 0.1) is 5.82 Å². The van der Waals surface area contributed by atoms with E-state index in [1.807, 2.05) is 32.7 Å². The van der Waals surface area contributed by atoms with Crippen LogP contribution in [0.25, 0.3) is 11.6 Å². The average molecular weight is 463 g/mol. The van der Waals surface area contributed by atoms with Crippen molar-refractivity contribution in [1.82, 2.24) is 20.0 Å². The van der Waals surface area contributed by atoms with Gasteiger partial charge in [-0.1, -0.05) is 35.0 Å². The predicted molar refractivity (Wildman–Crippen MR) is 117 cm³/mol. The quantitative estimate of drug-likeness (QED) is 0.477. The zero-order valence-corrected chi connectivity index (χ0v) is 19.1. The van der Waals surface area contributed by atoms with Crippen molar-refractivity contribution < 1.29 is 18.0 Å². The maximum Gasteiger partial charge on any atom is 0.218 e. The van der Waals surface area contributed by atoms with Crippen molar-refractivity contribution in [3.8, 4) is 17.5 Å². The lowest BCUT2D eigenvalue weighted by Crippen LogP contribution is -2.38. The number of hydrogen-bond donors (Lipinski definition) is 0. The fourth-order valence-corrected chi connectivity index (χ4v) is 4.31. The van der Waals surface area contributed by atoms with Gasteiger partial charge in [-0.15, -0.1) is 0 Å². The van der Waals surface area contributed by atoms with Gasteiger partial charge < -0.3 is 9.26 Å². The third-order valence-corrected chi connectivity index (χ3v) is 6.18. The summed E-state index contributed by atoms with van der Waals surface area (Å²) in [5.74, 6) is 0.421. The second-order valence-electron chi connectivity index (χ2n) is 8.70. The molecule has 1 aromatic carbocycles. The molecule has 0 amide bonds. The van der Waals surface area contributed by atoms with Crippen molar-refractivity contribution >= 4 is 11.6 Å². The lowest BCUT2D eigenvalue weighted by molar-refractivity contribution is 0.117. The van der Waals surface area contributed by atoms with Gasteiger partial charge >= 0.3 is 0 Å².